The summed E-state index contributed by atoms with van der Waals surface area (Å²) in [6, 6.07) is -0.832. The molecule has 1 aliphatic rings. The highest BCUT2D eigenvalue weighted by atomic mass is 16.7. The smallest absolute Gasteiger partial charge is 0.220 e. The molecule has 63 heavy (non-hydrogen) atoms. The molecule has 1 rings (SSSR count). The number of carbonyl (C=O) groups is 1. The first-order valence-electron chi connectivity index (χ1n) is 26.0. The van der Waals surface area contributed by atoms with E-state index in [0.29, 0.717) is 6.42 Å². The Morgan fingerprint density at radius 3 is 1.46 bits per heavy atom. The maximum Gasteiger partial charge on any atom is 0.220 e. The Hall–Kier alpha value is -2.11. The minimum Gasteiger partial charge on any atom is -0.394 e. The standard InChI is InChI=1S/C54H97NO8/c1-3-5-7-9-11-13-15-17-19-21-23-24-26-27-29-31-33-35-37-39-41-43-48(57)47(46-62-54-53(61)52(60)51(59)49(45-56)63-54)55-50(58)44-42-40-38-36-34-32-30-28-25-22-20-18-16-14-12-10-8-6-4-2/h12,14,16,18,26-27,33,35,41,43,47-49,51-54,56-57,59-61H,3-11,13,15,17,19-25,28-32,34,36-40,42,44-46H2,1-2H3,(H,55,58)/b14-12-,18-16-,27-26+,35-33+,43-41+. The van der Waals surface area contributed by atoms with Crippen LogP contribution in [0, 0.1) is 0 Å². The third-order valence-corrected chi connectivity index (χ3v) is 12.1. The van der Waals surface area contributed by atoms with Gasteiger partial charge in [-0.2, -0.15) is 0 Å². The Kier molecular flexibility index (Phi) is 40.9. The van der Waals surface area contributed by atoms with Gasteiger partial charge in [-0.3, -0.25) is 4.79 Å². The van der Waals surface area contributed by atoms with Gasteiger partial charge in [-0.05, 0) is 70.6 Å². The molecule has 9 heteroatoms. The monoisotopic (exact) mass is 888 g/mol. The summed E-state index contributed by atoms with van der Waals surface area (Å²) in [6.07, 6.45) is 51.2. The predicted molar refractivity (Wildman–Crippen MR) is 262 cm³/mol. The van der Waals surface area contributed by atoms with E-state index in [4.69, 9.17) is 9.47 Å². The summed E-state index contributed by atoms with van der Waals surface area (Å²) in [5.41, 5.74) is 0. The van der Waals surface area contributed by atoms with Gasteiger partial charge in [0, 0.05) is 6.42 Å². The van der Waals surface area contributed by atoms with Gasteiger partial charge in [0.15, 0.2) is 6.29 Å². The van der Waals surface area contributed by atoms with Crippen LogP contribution in [-0.4, -0.2) is 87.5 Å². The van der Waals surface area contributed by atoms with Crippen molar-refractivity contribution in [2.24, 2.45) is 0 Å². The highest BCUT2D eigenvalue weighted by Crippen LogP contribution is 2.23. The molecule has 0 radical (unpaired) electrons. The molecule has 1 amide bonds. The Labute approximate surface area is 386 Å². The molecule has 0 aromatic rings. The fourth-order valence-corrected chi connectivity index (χ4v) is 7.88. The summed E-state index contributed by atoms with van der Waals surface area (Å²) in [7, 11) is 0. The lowest BCUT2D eigenvalue weighted by Crippen LogP contribution is -2.60. The van der Waals surface area contributed by atoms with Gasteiger partial charge >= 0.3 is 0 Å². The van der Waals surface area contributed by atoms with Crippen LogP contribution in [0.15, 0.2) is 60.8 Å². The second kappa shape index (κ2) is 43.8. The minimum absolute atomic E-state index is 0.196. The van der Waals surface area contributed by atoms with E-state index >= 15 is 0 Å². The highest BCUT2D eigenvalue weighted by Gasteiger charge is 2.44. The van der Waals surface area contributed by atoms with Crippen LogP contribution in [0.4, 0.5) is 0 Å². The summed E-state index contributed by atoms with van der Waals surface area (Å²) < 4.78 is 11.2. The van der Waals surface area contributed by atoms with E-state index in [9.17, 15) is 30.3 Å². The minimum atomic E-state index is -1.58. The van der Waals surface area contributed by atoms with Gasteiger partial charge in [-0.15, -0.1) is 0 Å². The van der Waals surface area contributed by atoms with Gasteiger partial charge < -0.3 is 40.3 Å². The number of rotatable bonds is 43. The third-order valence-electron chi connectivity index (χ3n) is 12.1. The molecule has 1 heterocycles. The number of amides is 1. The van der Waals surface area contributed by atoms with Gasteiger partial charge in [0.05, 0.1) is 25.4 Å². The van der Waals surface area contributed by atoms with Crippen LogP contribution in [0.1, 0.15) is 219 Å². The fourth-order valence-electron chi connectivity index (χ4n) is 7.88. The van der Waals surface area contributed by atoms with Crippen molar-refractivity contribution in [1.82, 2.24) is 5.32 Å². The van der Waals surface area contributed by atoms with Crippen LogP contribution in [0.2, 0.25) is 0 Å². The number of hydrogen-bond donors (Lipinski definition) is 6. The molecule has 366 valence electrons. The number of allylic oxidation sites excluding steroid dienone is 9. The van der Waals surface area contributed by atoms with Gasteiger partial charge in [0.25, 0.3) is 0 Å². The number of aliphatic hydroxyl groups is 5. The summed E-state index contributed by atoms with van der Waals surface area (Å²) in [5, 5.41) is 54.3. The normalized spacial score (nSPS) is 20.7. The van der Waals surface area contributed by atoms with Crippen molar-refractivity contribution in [2.75, 3.05) is 13.2 Å². The summed E-state index contributed by atoms with van der Waals surface area (Å²) in [5.74, 6) is -0.196. The van der Waals surface area contributed by atoms with Gasteiger partial charge in [-0.1, -0.05) is 203 Å². The van der Waals surface area contributed by atoms with Crippen LogP contribution in [0.25, 0.3) is 0 Å². The molecule has 9 nitrogen and oxygen atoms in total. The van der Waals surface area contributed by atoms with E-state index in [-0.39, 0.29) is 12.5 Å². The average Bonchev–Trinajstić information content (AvgIpc) is 3.28. The number of unbranched alkanes of at least 4 members (excludes halogenated alkanes) is 26. The maximum atomic E-state index is 13.0. The molecule has 6 N–H and O–H groups in total. The number of hydrogen-bond acceptors (Lipinski definition) is 8. The van der Waals surface area contributed by atoms with E-state index in [1.807, 2.05) is 6.08 Å². The molecule has 7 unspecified atom stereocenters. The number of ether oxygens (including phenoxy) is 2. The molecule has 0 aromatic heterocycles. The van der Waals surface area contributed by atoms with E-state index in [1.54, 1.807) is 6.08 Å². The predicted octanol–water partition coefficient (Wildman–Crippen LogP) is 12.0. The summed E-state index contributed by atoms with van der Waals surface area (Å²) in [6.45, 7) is 3.73. The first-order valence-corrected chi connectivity index (χ1v) is 26.0. The van der Waals surface area contributed by atoms with Crippen LogP contribution in [-0.2, 0) is 14.3 Å². The van der Waals surface area contributed by atoms with Gasteiger partial charge in [0.2, 0.25) is 5.91 Å². The molecule has 0 saturated carbocycles. The van der Waals surface area contributed by atoms with Crippen molar-refractivity contribution in [3.8, 4) is 0 Å². The lowest BCUT2D eigenvalue weighted by atomic mass is 9.99. The van der Waals surface area contributed by atoms with Crippen LogP contribution < -0.4 is 5.32 Å². The highest BCUT2D eigenvalue weighted by molar-refractivity contribution is 5.76. The zero-order valence-electron chi connectivity index (χ0n) is 40.3. The van der Waals surface area contributed by atoms with Crippen LogP contribution >= 0.6 is 0 Å². The first kappa shape index (κ1) is 58.9. The van der Waals surface area contributed by atoms with Crippen molar-refractivity contribution in [3.63, 3.8) is 0 Å². The molecule has 0 aliphatic carbocycles. The quantitative estimate of drug-likeness (QED) is 0.0201. The van der Waals surface area contributed by atoms with E-state index < -0.39 is 49.5 Å². The second-order valence-electron chi connectivity index (χ2n) is 18.0. The van der Waals surface area contributed by atoms with Crippen molar-refractivity contribution in [3.05, 3.63) is 60.8 Å². The first-order chi connectivity index (χ1) is 30.8. The van der Waals surface area contributed by atoms with Crippen LogP contribution in [0.5, 0.6) is 0 Å². The summed E-state index contributed by atoms with van der Waals surface area (Å²) >= 11 is 0. The van der Waals surface area contributed by atoms with E-state index in [0.717, 1.165) is 51.4 Å². The van der Waals surface area contributed by atoms with E-state index in [2.05, 4.69) is 67.8 Å². The molecule has 1 aliphatic heterocycles. The van der Waals surface area contributed by atoms with Gasteiger partial charge in [0.1, 0.15) is 24.4 Å². The molecule has 0 spiro atoms. The maximum absolute atomic E-state index is 13.0. The molecule has 0 bridgehead atoms. The molecular formula is C54H97NO8. The number of nitrogens with one attached hydrogen (secondary N) is 1. The van der Waals surface area contributed by atoms with Crippen molar-refractivity contribution < 1.29 is 39.8 Å². The summed E-state index contributed by atoms with van der Waals surface area (Å²) in [4.78, 5) is 13.0. The number of carbonyl (C=O) groups excluding carboxylic acids is 1. The lowest BCUT2D eigenvalue weighted by Gasteiger charge is -2.40. The topological polar surface area (TPSA) is 149 Å². The molecular weight excluding hydrogens is 791 g/mol. The molecule has 0 aromatic carbocycles. The number of aliphatic hydroxyl groups excluding tert-OH is 5. The lowest BCUT2D eigenvalue weighted by molar-refractivity contribution is -0.302. The van der Waals surface area contributed by atoms with Crippen molar-refractivity contribution >= 4 is 5.91 Å². The van der Waals surface area contributed by atoms with Crippen molar-refractivity contribution in [1.29, 1.82) is 0 Å². The Bertz CT molecular complexity index is 1170. The third kappa shape index (κ3) is 33.9. The zero-order valence-corrected chi connectivity index (χ0v) is 40.3. The molecule has 7 atom stereocenters. The average molecular weight is 888 g/mol. The van der Waals surface area contributed by atoms with Gasteiger partial charge in [-0.25, -0.2) is 0 Å². The Morgan fingerprint density at radius 2 is 0.952 bits per heavy atom. The SMILES string of the molecule is CCCCC/C=C\C=C/CCCCCCCCCCCCC(=O)NC(COC1OC(CO)C(O)C(O)C1O)C(O)/C=C/CC/C=C/CC/C=C/CCCCCCCCCCCCC. The molecule has 1 saturated heterocycles. The molecule has 1 fully saturated rings. The van der Waals surface area contributed by atoms with Crippen molar-refractivity contribution in [2.45, 2.75) is 262 Å². The second-order valence-corrected chi connectivity index (χ2v) is 18.0. The zero-order chi connectivity index (χ0) is 45.9. The van der Waals surface area contributed by atoms with Crippen LogP contribution in [0.3, 0.4) is 0 Å². The largest absolute Gasteiger partial charge is 0.394 e. The Morgan fingerprint density at radius 1 is 0.540 bits per heavy atom. The Balaban J connectivity index is 2.34. The van der Waals surface area contributed by atoms with E-state index in [1.165, 1.54) is 148 Å². The fraction of sp³-hybridized carbons (Fsp3) is 0.796.